The van der Waals surface area contributed by atoms with Crippen LogP contribution in [0, 0.1) is 5.41 Å². The van der Waals surface area contributed by atoms with E-state index in [9.17, 15) is 0 Å². The molecule has 1 N–H and O–H groups in total. The smallest absolute Gasteiger partial charge is 0.0472 e. The van der Waals surface area contributed by atoms with E-state index in [2.05, 4.69) is 37.9 Å². The lowest BCUT2D eigenvalue weighted by molar-refractivity contribution is -0.00772. The average Bonchev–Trinajstić information content (AvgIpc) is 3.19. The number of hydrogen-bond donors (Lipinski definition) is 1. The molecule has 2 rings (SSSR count). The second kappa shape index (κ2) is 6.11. The van der Waals surface area contributed by atoms with Crippen LogP contribution in [0.25, 0.3) is 0 Å². The van der Waals surface area contributed by atoms with Gasteiger partial charge in [0.25, 0.3) is 0 Å². The van der Waals surface area contributed by atoms with Gasteiger partial charge in [-0.3, -0.25) is 0 Å². The Morgan fingerprint density at radius 2 is 1.84 bits per heavy atom. The molecule has 0 spiro atoms. The van der Waals surface area contributed by atoms with E-state index in [1.165, 1.54) is 38.8 Å². The van der Waals surface area contributed by atoms with Crippen LogP contribution >= 0.6 is 0 Å². The lowest BCUT2D eigenvalue weighted by Crippen LogP contribution is -2.51. The minimum absolute atomic E-state index is 0.210. The molecular weight excluding hydrogens is 236 g/mol. The Morgan fingerprint density at radius 1 is 1.21 bits per heavy atom. The zero-order chi connectivity index (χ0) is 13.9. The molecule has 0 amide bonds. The van der Waals surface area contributed by atoms with Gasteiger partial charge in [-0.1, -0.05) is 6.92 Å². The molecule has 1 aliphatic carbocycles. The molecule has 112 valence electrons. The highest BCUT2D eigenvalue weighted by Gasteiger charge is 2.38. The van der Waals surface area contributed by atoms with Gasteiger partial charge in [-0.15, -0.1) is 0 Å². The minimum Gasteiger partial charge on any atom is -0.381 e. The van der Waals surface area contributed by atoms with Crippen LogP contribution in [0.3, 0.4) is 0 Å². The van der Waals surface area contributed by atoms with Gasteiger partial charge in [0.05, 0.1) is 0 Å². The lowest BCUT2D eigenvalue weighted by Gasteiger charge is -2.42. The van der Waals surface area contributed by atoms with Crippen LogP contribution in [0.4, 0.5) is 0 Å². The van der Waals surface area contributed by atoms with Gasteiger partial charge in [-0.2, -0.15) is 0 Å². The maximum atomic E-state index is 5.60. The molecule has 0 radical (unpaired) electrons. The third kappa shape index (κ3) is 4.73. The van der Waals surface area contributed by atoms with Gasteiger partial charge in [0.1, 0.15) is 0 Å². The fourth-order valence-electron chi connectivity index (χ4n) is 3.02. The van der Waals surface area contributed by atoms with Crippen molar-refractivity contribution in [3.05, 3.63) is 0 Å². The summed E-state index contributed by atoms with van der Waals surface area (Å²) in [6.45, 7) is 14.5. The summed E-state index contributed by atoms with van der Waals surface area (Å²) in [4.78, 5) is 2.70. The molecule has 1 saturated carbocycles. The van der Waals surface area contributed by atoms with E-state index in [0.29, 0.717) is 5.41 Å². The van der Waals surface area contributed by atoms with Crippen molar-refractivity contribution in [2.24, 2.45) is 5.41 Å². The van der Waals surface area contributed by atoms with Gasteiger partial charge >= 0.3 is 0 Å². The molecule has 0 aromatic carbocycles. The highest BCUT2D eigenvalue weighted by molar-refractivity contribution is 4.93. The fourth-order valence-corrected chi connectivity index (χ4v) is 3.02. The van der Waals surface area contributed by atoms with Crippen molar-refractivity contribution in [2.45, 2.75) is 65.0 Å². The van der Waals surface area contributed by atoms with Crippen LogP contribution in [0.15, 0.2) is 0 Å². The topological polar surface area (TPSA) is 24.5 Å². The molecule has 0 aromatic rings. The first kappa shape index (κ1) is 15.3. The van der Waals surface area contributed by atoms with Gasteiger partial charge in [-0.05, 0) is 58.4 Å². The largest absolute Gasteiger partial charge is 0.381 e. The summed E-state index contributed by atoms with van der Waals surface area (Å²) >= 11 is 0. The molecule has 2 fully saturated rings. The summed E-state index contributed by atoms with van der Waals surface area (Å²) in [6, 6.07) is 0.874. The summed E-state index contributed by atoms with van der Waals surface area (Å²) in [6.07, 6.45) is 5.23. The normalized spacial score (nSPS) is 23.8. The molecule has 0 bridgehead atoms. The second-order valence-electron chi connectivity index (χ2n) is 7.51. The fraction of sp³-hybridized carbons (Fsp3) is 1.00. The van der Waals surface area contributed by atoms with Gasteiger partial charge in [0.2, 0.25) is 0 Å². The molecule has 2 aliphatic rings. The lowest BCUT2D eigenvalue weighted by atomic mass is 9.79. The maximum absolute atomic E-state index is 5.60. The summed E-state index contributed by atoms with van der Waals surface area (Å²) in [5, 5.41) is 3.74. The Labute approximate surface area is 119 Å². The third-order valence-corrected chi connectivity index (χ3v) is 4.56. The Morgan fingerprint density at radius 3 is 2.32 bits per heavy atom. The molecule has 1 aliphatic heterocycles. The first-order valence-electron chi connectivity index (χ1n) is 8.01. The predicted octanol–water partition coefficient (Wildman–Crippen LogP) is 2.66. The summed E-state index contributed by atoms with van der Waals surface area (Å²) in [7, 11) is 0. The molecule has 0 unspecified atom stereocenters. The van der Waals surface area contributed by atoms with E-state index in [4.69, 9.17) is 4.74 Å². The van der Waals surface area contributed by atoms with Crippen LogP contribution < -0.4 is 5.32 Å². The minimum atomic E-state index is 0.210. The van der Waals surface area contributed by atoms with E-state index >= 15 is 0 Å². The molecular formula is C16H32N2O. The van der Waals surface area contributed by atoms with Crippen molar-refractivity contribution in [3.63, 3.8) is 0 Å². The zero-order valence-corrected chi connectivity index (χ0v) is 13.3. The van der Waals surface area contributed by atoms with Crippen LogP contribution in [0.2, 0.25) is 0 Å². The Balaban J connectivity index is 1.96. The monoisotopic (exact) mass is 268 g/mol. The maximum Gasteiger partial charge on any atom is 0.0472 e. The highest BCUT2D eigenvalue weighted by Crippen LogP contribution is 2.35. The molecule has 3 nitrogen and oxygen atoms in total. The molecule has 0 aromatic heterocycles. The molecule has 0 atom stereocenters. The van der Waals surface area contributed by atoms with Crippen molar-refractivity contribution < 1.29 is 4.74 Å². The summed E-state index contributed by atoms with van der Waals surface area (Å²) in [5.41, 5.74) is 0.631. The van der Waals surface area contributed by atoms with Crippen molar-refractivity contribution in [1.29, 1.82) is 0 Å². The number of nitrogens with zero attached hydrogens (tertiary/aromatic N) is 1. The third-order valence-electron chi connectivity index (χ3n) is 4.56. The van der Waals surface area contributed by atoms with E-state index in [1.807, 2.05) is 0 Å². The van der Waals surface area contributed by atoms with Crippen LogP contribution in [0.5, 0.6) is 0 Å². The number of ether oxygens (including phenoxy) is 1. The van der Waals surface area contributed by atoms with Crippen LogP contribution in [-0.4, -0.2) is 49.3 Å². The molecule has 3 heteroatoms. The van der Waals surface area contributed by atoms with Crippen LogP contribution in [-0.2, 0) is 4.74 Å². The zero-order valence-electron chi connectivity index (χ0n) is 13.3. The summed E-state index contributed by atoms with van der Waals surface area (Å²) < 4.78 is 5.60. The van der Waals surface area contributed by atoms with Crippen molar-refractivity contribution in [2.75, 3.05) is 32.8 Å². The van der Waals surface area contributed by atoms with E-state index in [1.54, 1.807) is 0 Å². The standard InChI is InChI=1S/C16H32N2O/c1-5-18(14-6-7-14)13-16(8-10-19-11-9-16)12-17-15(2,3)4/h14,17H,5-13H2,1-4H3. The van der Waals surface area contributed by atoms with E-state index in [-0.39, 0.29) is 5.54 Å². The first-order valence-corrected chi connectivity index (χ1v) is 8.01. The Kier molecular flexibility index (Phi) is 4.91. The molecule has 19 heavy (non-hydrogen) atoms. The quantitative estimate of drug-likeness (QED) is 0.801. The number of nitrogens with one attached hydrogen (secondary N) is 1. The first-order chi connectivity index (χ1) is 8.94. The number of hydrogen-bond acceptors (Lipinski definition) is 3. The van der Waals surface area contributed by atoms with Crippen molar-refractivity contribution in [3.8, 4) is 0 Å². The van der Waals surface area contributed by atoms with Gasteiger partial charge in [-0.25, -0.2) is 0 Å². The molecule has 1 heterocycles. The predicted molar refractivity (Wildman–Crippen MR) is 80.5 cm³/mol. The van der Waals surface area contributed by atoms with E-state index < -0.39 is 0 Å². The van der Waals surface area contributed by atoms with E-state index in [0.717, 1.165) is 25.8 Å². The molecule has 1 saturated heterocycles. The van der Waals surface area contributed by atoms with Crippen LogP contribution in [0.1, 0.15) is 53.4 Å². The van der Waals surface area contributed by atoms with Gasteiger partial charge in [0, 0.05) is 37.9 Å². The second-order valence-corrected chi connectivity index (χ2v) is 7.51. The Bertz CT molecular complexity index is 275. The highest BCUT2D eigenvalue weighted by atomic mass is 16.5. The van der Waals surface area contributed by atoms with Crippen molar-refractivity contribution >= 4 is 0 Å². The summed E-state index contributed by atoms with van der Waals surface area (Å²) in [5.74, 6) is 0. The number of rotatable bonds is 6. The SMILES string of the molecule is CCN(CC1(CNC(C)(C)C)CCOCC1)C1CC1. The van der Waals surface area contributed by atoms with Gasteiger partial charge < -0.3 is 15.0 Å². The Hall–Kier alpha value is -0.120. The van der Waals surface area contributed by atoms with Gasteiger partial charge in [0.15, 0.2) is 0 Å². The average molecular weight is 268 g/mol. The van der Waals surface area contributed by atoms with Crippen molar-refractivity contribution in [1.82, 2.24) is 10.2 Å².